The number of carbonyl (C=O) groups is 1. The third-order valence-corrected chi connectivity index (χ3v) is 4.90. The summed E-state index contributed by atoms with van der Waals surface area (Å²) in [5.41, 5.74) is 4.71. The van der Waals surface area contributed by atoms with Crippen LogP contribution in [0, 0.1) is 13.8 Å². The van der Waals surface area contributed by atoms with E-state index in [9.17, 15) is 4.79 Å². The van der Waals surface area contributed by atoms with Crippen LogP contribution in [0.4, 0.5) is 11.5 Å². The maximum atomic E-state index is 12.7. The van der Waals surface area contributed by atoms with E-state index in [0.29, 0.717) is 12.2 Å². The number of hydrogen-bond acceptors (Lipinski definition) is 4. The van der Waals surface area contributed by atoms with Crippen LogP contribution in [0.15, 0.2) is 18.2 Å². The fourth-order valence-corrected chi connectivity index (χ4v) is 3.64. The van der Waals surface area contributed by atoms with Crippen LogP contribution >= 0.6 is 11.6 Å². The minimum Gasteiger partial charge on any atom is -0.330 e. The lowest BCUT2D eigenvalue weighted by atomic mass is 10.1. The monoisotopic (exact) mass is 372 g/mol. The molecular weight excluding hydrogens is 348 g/mol. The minimum absolute atomic E-state index is 0.0788. The summed E-state index contributed by atoms with van der Waals surface area (Å²) in [5, 5.41) is 0.105. The number of rotatable bonds is 4. The Hall–Kier alpha value is -2.14. The smallest absolute Gasteiger partial charge is 0.273 e. The van der Waals surface area contributed by atoms with Gasteiger partial charge < -0.3 is 9.80 Å². The molecule has 0 fully saturated rings. The molecule has 6 heteroatoms. The van der Waals surface area contributed by atoms with E-state index in [1.54, 1.807) is 4.90 Å². The van der Waals surface area contributed by atoms with Crippen molar-refractivity contribution in [2.24, 2.45) is 0 Å². The Bertz CT molecular complexity index is 863. The molecule has 0 radical (unpaired) electrons. The third kappa shape index (κ3) is 3.16. The number of amides is 1. The molecule has 0 atom stereocenters. The Balaban J connectivity index is 2.19. The largest absolute Gasteiger partial charge is 0.330 e. The van der Waals surface area contributed by atoms with Crippen molar-refractivity contribution in [3.63, 3.8) is 0 Å². The Morgan fingerprint density at radius 3 is 2.42 bits per heavy atom. The molecule has 2 aromatic rings. The van der Waals surface area contributed by atoms with Gasteiger partial charge in [0.25, 0.3) is 5.91 Å². The molecule has 0 spiro atoms. The van der Waals surface area contributed by atoms with Crippen LogP contribution in [0.5, 0.6) is 0 Å². The molecule has 1 amide bonds. The molecule has 0 unspecified atom stereocenters. The van der Waals surface area contributed by atoms with Crippen molar-refractivity contribution in [2.45, 2.75) is 60.2 Å². The molecule has 138 valence electrons. The summed E-state index contributed by atoms with van der Waals surface area (Å²) in [7, 11) is 0. The summed E-state index contributed by atoms with van der Waals surface area (Å²) in [6, 6.07) is 6.59. The number of fused-ring (bicyclic) bond motifs is 1. The summed E-state index contributed by atoms with van der Waals surface area (Å²) in [6.07, 6.45) is 0. The summed E-state index contributed by atoms with van der Waals surface area (Å²) in [5.74, 6) is 0.642. The van der Waals surface area contributed by atoms with Crippen molar-refractivity contribution in [1.29, 1.82) is 0 Å². The Labute approximate surface area is 160 Å². The predicted octanol–water partition coefficient (Wildman–Crippen LogP) is 4.66. The van der Waals surface area contributed by atoms with Gasteiger partial charge in [0, 0.05) is 23.3 Å². The number of benzene rings is 1. The minimum atomic E-state index is -0.0788. The molecular formula is C20H25ClN4O. The molecule has 0 N–H and O–H groups in total. The van der Waals surface area contributed by atoms with E-state index in [4.69, 9.17) is 11.6 Å². The summed E-state index contributed by atoms with van der Waals surface area (Å²) >= 11 is 6.20. The van der Waals surface area contributed by atoms with E-state index in [0.717, 1.165) is 22.6 Å². The first-order valence-corrected chi connectivity index (χ1v) is 9.32. The van der Waals surface area contributed by atoms with Crippen molar-refractivity contribution in [1.82, 2.24) is 14.9 Å². The quantitative estimate of drug-likeness (QED) is 0.732. The topological polar surface area (TPSA) is 49.3 Å². The van der Waals surface area contributed by atoms with Crippen molar-refractivity contribution < 1.29 is 4.79 Å². The average Bonchev–Trinajstić information content (AvgIpc) is 2.87. The van der Waals surface area contributed by atoms with E-state index in [2.05, 4.69) is 60.8 Å². The average molecular weight is 373 g/mol. The van der Waals surface area contributed by atoms with E-state index >= 15 is 0 Å². The van der Waals surface area contributed by atoms with Crippen LogP contribution in [0.1, 0.15) is 54.9 Å². The van der Waals surface area contributed by atoms with Crippen molar-refractivity contribution in [3.05, 3.63) is 45.9 Å². The summed E-state index contributed by atoms with van der Waals surface area (Å²) in [6.45, 7) is 12.9. The zero-order valence-corrected chi connectivity index (χ0v) is 16.9. The number of aromatic nitrogens is 2. The summed E-state index contributed by atoms with van der Waals surface area (Å²) < 4.78 is 0. The molecule has 3 rings (SSSR count). The lowest BCUT2D eigenvalue weighted by molar-refractivity contribution is 0.0726. The Kier molecular flexibility index (Phi) is 4.93. The number of anilines is 2. The fraction of sp³-hybridized carbons (Fsp3) is 0.450. The van der Waals surface area contributed by atoms with Gasteiger partial charge in [-0.2, -0.15) is 4.98 Å². The molecule has 1 aromatic carbocycles. The van der Waals surface area contributed by atoms with Crippen LogP contribution in [0.3, 0.4) is 0 Å². The number of carbonyl (C=O) groups excluding carboxylic acids is 1. The second kappa shape index (κ2) is 6.88. The first-order valence-electron chi connectivity index (χ1n) is 8.94. The van der Waals surface area contributed by atoms with Gasteiger partial charge in [0.2, 0.25) is 5.28 Å². The van der Waals surface area contributed by atoms with Crippen LogP contribution in [0.25, 0.3) is 0 Å². The zero-order valence-electron chi connectivity index (χ0n) is 16.2. The first kappa shape index (κ1) is 18.6. The van der Waals surface area contributed by atoms with Gasteiger partial charge in [0.05, 0.1) is 6.54 Å². The highest BCUT2D eigenvalue weighted by Gasteiger charge is 2.36. The highest BCUT2D eigenvalue weighted by Crippen LogP contribution is 2.37. The van der Waals surface area contributed by atoms with E-state index < -0.39 is 0 Å². The zero-order chi connectivity index (χ0) is 19.2. The highest BCUT2D eigenvalue weighted by atomic mass is 35.5. The van der Waals surface area contributed by atoms with Crippen molar-refractivity contribution in [2.75, 3.05) is 4.90 Å². The Morgan fingerprint density at radius 1 is 1.15 bits per heavy atom. The third-order valence-electron chi connectivity index (χ3n) is 4.73. The van der Waals surface area contributed by atoms with Gasteiger partial charge in [-0.3, -0.25) is 4.79 Å². The highest BCUT2D eigenvalue weighted by molar-refractivity contribution is 6.28. The maximum Gasteiger partial charge on any atom is 0.273 e. The SMILES string of the molecule is Cc1ccc(N(c2nc(Cl)nc3c2CN(C(C)C)C3=O)C(C)C)c(C)c1. The maximum absolute atomic E-state index is 12.7. The molecule has 26 heavy (non-hydrogen) atoms. The lowest BCUT2D eigenvalue weighted by Gasteiger charge is -2.31. The van der Waals surface area contributed by atoms with Gasteiger partial charge in [-0.25, -0.2) is 4.98 Å². The number of aryl methyl sites for hydroxylation is 2. The molecule has 1 aromatic heterocycles. The molecule has 5 nitrogen and oxygen atoms in total. The van der Waals surface area contributed by atoms with Gasteiger partial charge >= 0.3 is 0 Å². The number of halogens is 1. The first-order chi connectivity index (χ1) is 12.2. The number of hydrogen-bond donors (Lipinski definition) is 0. The number of nitrogens with zero attached hydrogens (tertiary/aromatic N) is 4. The van der Waals surface area contributed by atoms with Crippen LogP contribution in [-0.2, 0) is 6.54 Å². The molecule has 0 saturated carbocycles. The van der Waals surface area contributed by atoms with E-state index in [1.807, 2.05) is 13.8 Å². The van der Waals surface area contributed by atoms with Gasteiger partial charge in [0.15, 0.2) is 0 Å². The van der Waals surface area contributed by atoms with E-state index in [1.165, 1.54) is 5.56 Å². The molecule has 0 aliphatic carbocycles. The summed E-state index contributed by atoms with van der Waals surface area (Å²) in [4.78, 5) is 25.5. The normalized spacial score (nSPS) is 13.7. The van der Waals surface area contributed by atoms with Crippen LogP contribution < -0.4 is 4.90 Å². The predicted molar refractivity (Wildman–Crippen MR) is 105 cm³/mol. The van der Waals surface area contributed by atoms with Gasteiger partial charge in [-0.1, -0.05) is 17.7 Å². The van der Waals surface area contributed by atoms with Gasteiger partial charge in [0.1, 0.15) is 11.5 Å². The molecule has 0 bridgehead atoms. The van der Waals surface area contributed by atoms with Gasteiger partial charge in [-0.15, -0.1) is 0 Å². The van der Waals surface area contributed by atoms with Crippen molar-refractivity contribution >= 4 is 29.0 Å². The van der Waals surface area contributed by atoms with E-state index in [-0.39, 0.29) is 23.3 Å². The molecule has 2 heterocycles. The Morgan fingerprint density at radius 2 is 1.85 bits per heavy atom. The second-order valence-corrected chi connectivity index (χ2v) is 7.76. The molecule has 1 aliphatic heterocycles. The lowest BCUT2D eigenvalue weighted by Crippen LogP contribution is -2.31. The van der Waals surface area contributed by atoms with Crippen LogP contribution in [0.2, 0.25) is 5.28 Å². The molecule has 1 aliphatic rings. The molecule has 0 saturated heterocycles. The second-order valence-electron chi connectivity index (χ2n) is 7.42. The fourth-order valence-electron chi connectivity index (χ4n) is 3.48. The van der Waals surface area contributed by atoms with Crippen molar-refractivity contribution in [3.8, 4) is 0 Å². The standard InChI is InChI=1S/C20H25ClN4O/c1-11(2)24-10-15-17(19(24)26)22-20(21)23-18(15)25(12(3)4)16-8-7-13(5)9-14(16)6/h7-9,11-12H,10H2,1-6H3. The van der Waals surface area contributed by atoms with Gasteiger partial charge in [-0.05, 0) is 64.8 Å². The van der Waals surface area contributed by atoms with Crippen LogP contribution in [-0.4, -0.2) is 32.9 Å².